The summed E-state index contributed by atoms with van der Waals surface area (Å²) in [5.41, 5.74) is 1.11. The average molecular weight is 385 g/mol. The van der Waals surface area contributed by atoms with Gasteiger partial charge in [0.25, 0.3) is 0 Å². The lowest BCUT2D eigenvalue weighted by atomic mass is 10.1. The normalized spacial score (nSPS) is 12.5. The largest absolute Gasteiger partial charge is 0.495 e. The van der Waals surface area contributed by atoms with E-state index in [2.05, 4.69) is 38.8 Å². The van der Waals surface area contributed by atoms with E-state index in [9.17, 15) is 0 Å². The molecule has 0 bridgehead atoms. The molecule has 4 heteroatoms. The molecule has 0 aliphatic carbocycles. The van der Waals surface area contributed by atoms with Crippen LogP contribution < -0.4 is 4.74 Å². The molecule has 0 aliphatic rings. The van der Waals surface area contributed by atoms with Crippen LogP contribution >= 0.6 is 43.5 Å². The van der Waals surface area contributed by atoms with E-state index < -0.39 is 0 Å². The summed E-state index contributed by atoms with van der Waals surface area (Å²) < 4.78 is 6.33. The van der Waals surface area contributed by atoms with Crippen LogP contribution in [0, 0.1) is 0 Å². The molecule has 0 heterocycles. The number of hydrogen-bond acceptors (Lipinski definition) is 1. The molecule has 0 spiro atoms. The number of methoxy groups -OCH3 is 1. The van der Waals surface area contributed by atoms with E-state index >= 15 is 0 Å². The van der Waals surface area contributed by atoms with E-state index in [1.54, 1.807) is 7.11 Å². The molecule has 0 aromatic heterocycles. The Labute approximate surface area is 125 Å². The highest BCUT2D eigenvalue weighted by molar-refractivity contribution is 9.10. The van der Waals surface area contributed by atoms with Crippen LogP contribution in [-0.2, 0) is 0 Å². The number of alkyl halides is 1. The maximum Gasteiger partial charge on any atom is 0.137 e. The van der Waals surface area contributed by atoms with Crippen molar-refractivity contribution < 1.29 is 4.74 Å². The molecular formula is C13H17Br2ClO. The lowest BCUT2D eigenvalue weighted by Crippen LogP contribution is -1.97. The van der Waals surface area contributed by atoms with Crippen LogP contribution in [0.5, 0.6) is 5.75 Å². The first-order valence-electron chi connectivity index (χ1n) is 5.77. The van der Waals surface area contributed by atoms with E-state index in [0.717, 1.165) is 27.2 Å². The highest BCUT2D eigenvalue weighted by Crippen LogP contribution is 2.41. The van der Waals surface area contributed by atoms with Gasteiger partial charge in [-0.3, -0.25) is 0 Å². The van der Waals surface area contributed by atoms with Gasteiger partial charge in [0.2, 0.25) is 0 Å². The maximum absolute atomic E-state index is 6.08. The molecule has 0 radical (unpaired) electrons. The third-order valence-corrected chi connectivity index (χ3v) is 4.40. The Hall–Kier alpha value is 0.270. The lowest BCUT2D eigenvalue weighted by molar-refractivity contribution is 0.406. The summed E-state index contributed by atoms with van der Waals surface area (Å²) in [6.45, 7) is 2.21. The monoisotopic (exact) mass is 382 g/mol. The molecule has 1 rings (SSSR count). The first-order chi connectivity index (χ1) is 8.10. The second kappa shape index (κ2) is 7.65. The van der Waals surface area contributed by atoms with Crippen molar-refractivity contribution in [1.29, 1.82) is 0 Å². The smallest absolute Gasteiger partial charge is 0.137 e. The van der Waals surface area contributed by atoms with Gasteiger partial charge >= 0.3 is 0 Å². The van der Waals surface area contributed by atoms with Gasteiger partial charge < -0.3 is 4.74 Å². The Morgan fingerprint density at radius 1 is 1.35 bits per heavy atom. The molecule has 96 valence electrons. The molecule has 1 aromatic carbocycles. The summed E-state index contributed by atoms with van der Waals surface area (Å²) in [6.07, 6.45) is 4.79. The zero-order valence-electron chi connectivity index (χ0n) is 10.1. The molecule has 17 heavy (non-hydrogen) atoms. The molecule has 0 N–H and O–H groups in total. The van der Waals surface area contributed by atoms with Gasteiger partial charge in [0.05, 0.1) is 11.6 Å². The zero-order chi connectivity index (χ0) is 12.8. The highest BCUT2D eigenvalue weighted by atomic mass is 79.9. The number of unbranched alkanes of at least 4 members (excludes halogenated alkanes) is 2. The Balaban J connectivity index is 2.87. The number of hydrogen-bond donors (Lipinski definition) is 0. The highest BCUT2D eigenvalue weighted by Gasteiger charge is 2.16. The van der Waals surface area contributed by atoms with Gasteiger partial charge in [0.1, 0.15) is 5.75 Å². The van der Waals surface area contributed by atoms with Crippen molar-refractivity contribution in [3.8, 4) is 5.75 Å². The molecule has 0 amide bonds. The van der Waals surface area contributed by atoms with Crippen molar-refractivity contribution in [3.05, 3.63) is 27.2 Å². The minimum absolute atomic E-state index is 0.291. The number of benzene rings is 1. The second-order valence-corrected chi connectivity index (χ2v) is 6.37. The lowest BCUT2D eigenvalue weighted by Gasteiger charge is -2.16. The average Bonchev–Trinajstić information content (AvgIpc) is 2.28. The zero-order valence-corrected chi connectivity index (χ0v) is 14.0. The summed E-state index contributed by atoms with van der Waals surface area (Å²) in [6, 6.07) is 3.83. The van der Waals surface area contributed by atoms with Crippen molar-refractivity contribution in [3.63, 3.8) is 0 Å². The molecule has 1 atom stereocenters. The Morgan fingerprint density at radius 3 is 2.65 bits per heavy atom. The minimum Gasteiger partial charge on any atom is -0.495 e. The van der Waals surface area contributed by atoms with Crippen LogP contribution in [0.2, 0.25) is 5.02 Å². The second-order valence-electron chi connectivity index (χ2n) is 3.97. The number of halogens is 3. The van der Waals surface area contributed by atoms with E-state index in [1.165, 1.54) is 19.3 Å². The fourth-order valence-electron chi connectivity index (χ4n) is 1.76. The standard InChI is InChI=1S/C13H17Br2ClO/c1-3-4-5-6-11(14)10-7-9(16)8-12(15)13(10)17-2/h7-8,11H,3-6H2,1-2H3. The van der Waals surface area contributed by atoms with Crippen LogP contribution in [0.3, 0.4) is 0 Å². The topological polar surface area (TPSA) is 9.23 Å². The summed E-state index contributed by atoms with van der Waals surface area (Å²) in [7, 11) is 1.68. The summed E-state index contributed by atoms with van der Waals surface area (Å²) in [5, 5.41) is 0.729. The van der Waals surface area contributed by atoms with E-state index in [-0.39, 0.29) is 0 Å². The minimum atomic E-state index is 0.291. The van der Waals surface area contributed by atoms with E-state index in [0.29, 0.717) is 4.83 Å². The van der Waals surface area contributed by atoms with Crippen LogP contribution in [-0.4, -0.2) is 7.11 Å². The van der Waals surface area contributed by atoms with Crippen LogP contribution in [0.25, 0.3) is 0 Å². The van der Waals surface area contributed by atoms with Gasteiger partial charge in [0, 0.05) is 15.4 Å². The van der Waals surface area contributed by atoms with Crippen molar-refractivity contribution in [1.82, 2.24) is 0 Å². The Kier molecular flexibility index (Phi) is 6.90. The first-order valence-corrected chi connectivity index (χ1v) is 7.85. The molecule has 0 saturated carbocycles. The van der Waals surface area contributed by atoms with Gasteiger partial charge in [-0.15, -0.1) is 0 Å². The van der Waals surface area contributed by atoms with E-state index in [4.69, 9.17) is 16.3 Å². The van der Waals surface area contributed by atoms with Gasteiger partial charge in [-0.05, 0) is 34.5 Å². The quantitative estimate of drug-likeness (QED) is 0.424. The Bertz CT molecular complexity index is 369. The fraction of sp³-hybridized carbons (Fsp3) is 0.538. The Morgan fingerprint density at radius 2 is 2.06 bits per heavy atom. The predicted octanol–water partition coefficient (Wildman–Crippen LogP) is 6.13. The molecule has 0 fully saturated rings. The number of rotatable bonds is 6. The third kappa shape index (κ3) is 4.46. The van der Waals surface area contributed by atoms with Crippen molar-refractivity contribution in [2.75, 3.05) is 7.11 Å². The number of ether oxygens (including phenoxy) is 1. The van der Waals surface area contributed by atoms with E-state index in [1.807, 2.05) is 12.1 Å². The molecule has 0 saturated heterocycles. The SMILES string of the molecule is CCCCCC(Br)c1cc(Cl)cc(Br)c1OC. The summed E-state index contributed by atoms with van der Waals surface area (Å²) in [4.78, 5) is 0.291. The molecule has 1 aromatic rings. The van der Waals surface area contributed by atoms with Crippen LogP contribution in [0.1, 0.15) is 43.0 Å². The van der Waals surface area contributed by atoms with Gasteiger partial charge in [-0.1, -0.05) is 53.7 Å². The van der Waals surface area contributed by atoms with Gasteiger partial charge in [0.15, 0.2) is 0 Å². The maximum atomic E-state index is 6.08. The van der Waals surface area contributed by atoms with Crippen LogP contribution in [0.4, 0.5) is 0 Å². The summed E-state index contributed by atoms with van der Waals surface area (Å²) >= 11 is 13.3. The van der Waals surface area contributed by atoms with Crippen molar-refractivity contribution in [2.24, 2.45) is 0 Å². The molecule has 0 aliphatic heterocycles. The first kappa shape index (κ1) is 15.3. The molecule has 1 nitrogen and oxygen atoms in total. The summed E-state index contributed by atoms with van der Waals surface area (Å²) in [5.74, 6) is 0.868. The van der Waals surface area contributed by atoms with Crippen LogP contribution in [0.15, 0.2) is 16.6 Å². The van der Waals surface area contributed by atoms with Crippen molar-refractivity contribution >= 4 is 43.5 Å². The van der Waals surface area contributed by atoms with Crippen molar-refractivity contribution in [2.45, 2.75) is 37.4 Å². The third-order valence-electron chi connectivity index (χ3n) is 2.64. The van der Waals surface area contributed by atoms with Gasteiger partial charge in [-0.25, -0.2) is 0 Å². The molecule has 1 unspecified atom stereocenters. The molecular weight excluding hydrogens is 367 g/mol. The predicted molar refractivity (Wildman–Crippen MR) is 81.5 cm³/mol. The van der Waals surface area contributed by atoms with Gasteiger partial charge in [-0.2, -0.15) is 0 Å². The fourth-order valence-corrected chi connectivity index (χ4v) is 3.42.